The van der Waals surface area contributed by atoms with Crippen molar-refractivity contribution in [1.29, 1.82) is 0 Å². The Morgan fingerprint density at radius 3 is 3.22 bits per heavy atom. The first-order valence-corrected chi connectivity index (χ1v) is 2.45. The van der Waals surface area contributed by atoms with Crippen LogP contribution in [0.25, 0.3) is 11.0 Å². The van der Waals surface area contributed by atoms with Gasteiger partial charge in [0, 0.05) is 0 Å². The van der Waals surface area contributed by atoms with Crippen LogP contribution in [0.3, 0.4) is 0 Å². The number of nitrogens with zero attached hydrogens (tertiary/aromatic N) is 4. The summed E-state index contributed by atoms with van der Waals surface area (Å²) in [6.07, 6.45) is 3.23. The minimum atomic E-state index is 0.741. The van der Waals surface area contributed by atoms with E-state index in [1.165, 1.54) is 0 Å². The van der Waals surface area contributed by atoms with E-state index in [2.05, 4.69) is 25.6 Å². The van der Waals surface area contributed by atoms with E-state index in [1.54, 1.807) is 12.4 Å². The van der Waals surface area contributed by atoms with E-state index in [9.17, 15) is 0 Å². The molecule has 0 aliphatic rings. The van der Waals surface area contributed by atoms with Crippen LogP contribution in [0, 0.1) is 0 Å². The minimum absolute atomic E-state index is 0.741. The van der Waals surface area contributed by atoms with Gasteiger partial charge in [0.15, 0.2) is 0 Å². The molecule has 0 fully saturated rings. The molecule has 2 aromatic heterocycles. The van der Waals surface area contributed by atoms with Crippen LogP contribution in [-0.4, -0.2) is 25.6 Å². The van der Waals surface area contributed by atoms with Crippen molar-refractivity contribution in [2.24, 2.45) is 0 Å². The van der Waals surface area contributed by atoms with Crippen molar-refractivity contribution in [3.63, 3.8) is 0 Å². The van der Waals surface area contributed by atoms with Gasteiger partial charge in [0.2, 0.25) is 0 Å². The van der Waals surface area contributed by atoms with E-state index in [4.69, 9.17) is 0 Å². The number of aromatic nitrogens is 5. The summed E-state index contributed by atoms with van der Waals surface area (Å²) in [6, 6.07) is 0. The molecule has 1 N–H and O–H groups in total. The van der Waals surface area contributed by atoms with Gasteiger partial charge in [-0.1, -0.05) is 0 Å². The molecule has 0 spiro atoms. The summed E-state index contributed by atoms with van der Waals surface area (Å²) in [5.41, 5.74) is 1.48. The Morgan fingerprint density at radius 1 is 1.33 bits per heavy atom. The molecule has 0 atom stereocenters. The molecule has 0 saturated carbocycles. The fourth-order valence-electron chi connectivity index (χ4n) is 0.624. The normalized spacial score (nSPS) is 10.2. The third-order valence-electron chi connectivity index (χ3n) is 1.03. The van der Waals surface area contributed by atoms with Gasteiger partial charge < -0.3 is 0 Å². The van der Waals surface area contributed by atoms with Gasteiger partial charge in [-0.15, -0.1) is 10.2 Å². The van der Waals surface area contributed by atoms with Crippen molar-refractivity contribution >= 4 is 11.0 Å². The number of hydrogen-bond acceptors (Lipinski definition) is 4. The zero-order chi connectivity index (χ0) is 6.10. The lowest BCUT2D eigenvalue weighted by Crippen LogP contribution is -1.83. The number of H-pyrrole nitrogens is 1. The summed E-state index contributed by atoms with van der Waals surface area (Å²) in [5.74, 6) is 0. The smallest absolute Gasteiger partial charge is 0.134 e. The highest BCUT2D eigenvalue weighted by atomic mass is 15.3. The second kappa shape index (κ2) is 1.48. The van der Waals surface area contributed by atoms with E-state index in [-0.39, 0.29) is 0 Å². The highest BCUT2D eigenvalue weighted by molar-refractivity contribution is 5.70. The molecule has 2 heterocycles. The zero-order valence-electron chi connectivity index (χ0n) is 4.44. The maximum absolute atomic E-state index is 3.83. The molecule has 0 amide bonds. The molecule has 9 heavy (non-hydrogen) atoms. The Bertz CT molecular complexity index is 283. The standard InChI is InChI=1S/C4H3N5/c1-4-3(7-5-1)2-6-9-8-4/h1-2H,(H,5,7). The Morgan fingerprint density at radius 2 is 2.33 bits per heavy atom. The van der Waals surface area contributed by atoms with Gasteiger partial charge in [-0.2, -0.15) is 5.10 Å². The van der Waals surface area contributed by atoms with Crippen LogP contribution in [0.4, 0.5) is 0 Å². The van der Waals surface area contributed by atoms with Gasteiger partial charge in [-0.3, -0.25) is 5.10 Å². The van der Waals surface area contributed by atoms with Crippen molar-refractivity contribution in [2.45, 2.75) is 0 Å². The molecule has 0 aliphatic carbocycles. The third-order valence-corrected chi connectivity index (χ3v) is 1.03. The van der Waals surface area contributed by atoms with Crippen molar-refractivity contribution in [2.75, 3.05) is 0 Å². The molecule has 2 aromatic rings. The van der Waals surface area contributed by atoms with Crippen LogP contribution >= 0.6 is 0 Å². The predicted molar refractivity (Wildman–Crippen MR) is 29.5 cm³/mol. The second-order valence-corrected chi connectivity index (χ2v) is 1.59. The molecule has 0 unspecified atom stereocenters. The van der Waals surface area contributed by atoms with Crippen LogP contribution in [0.1, 0.15) is 0 Å². The summed E-state index contributed by atoms with van der Waals surface area (Å²) in [4.78, 5) is 0. The first kappa shape index (κ1) is 4.37. The van der Waals surface area contributed by atoms with Crippen molar-refractivity contribution < 1.29 is 0 Å². The van der Waals surface area contributed by atoms with Crippen LogP contribution in [0.5, 0.6) is 0 Å². The molecule has 0 radical (unpaired) electrons. The number of fused-ring (bicyclic) bond motifs is 1. The molecule has 0 bridgehead atoms. The molecular formula is C4H3N5. The second-order valence-electron chi connectivity index (χ2n) is 1.59. The Balaban J connectivity index is 2.95. The maximum Gasteiger partial charge on any atom is 0.134 e. The predicted octanol–water partition coefficient (Wildman–Crippen LogP) is -0.252. The average molecular weight is 121 g/mol. The number of nitrogens with one attached hydrogen (secondary N) is 1. The Kier molecular flexibility index (Phi) is 0.717. The van der Waals surface area contributed by atoms with E-state index < -0.39 is 0 Å². The SMILES string of the molecule is c1[nH]nc2cnnnc12. The van der Waals surface area contributed by atoms with Crippen LogP contribution in [-0.2, 0) is 0 Å². The lowest BCUT2D eigenvalue weighted by molar-refractivity contribution is 0.894. The monoisotopic (exact) mass is 121 g/mol. The van der Waals surface area contributed by atoms with E-state index in [0.29, 0.717) is 0 Å². The fourth-order valence-corrected chi connectivity index (χ4v) is 0.624. The molecule has 0 saturated heterocycles. The number of aromatic amines is 1. The van der Waals surface area contributed by atoms with Gasteiger partial charge in [-0.25, -0.2) is 0 Å². The molecule has 0 aromatic carbocycles. The number of rotatable bonds is 0. The van der Waals surface area contributed by atoms with Gasteiger partial charge >= 0.3 is 0 Å². The molecule has 5 nitrogen and oxygen atoms in total. The minimum Gasteiger partial charge on any atom is -0.283 e. The molecular weight excluding hydrogens is 118 g/mol. The summed E-state index contributed by atoms with van der Waals surface area (Å²) in [5, 5.41) is 17.1. The molecule has 5 heteroatoms. The van der Waals surface area contributed by atoms with Gasteiger partial charge in [0.1, 0.15) is 11.0 Å². The highest BCUT2D eigenvalue weighted by Gasteiger charge is 1.92. The van der Waals surface area contributed by atoms with Gasteiger partial charge in [0.25, 0.3) is 0 Å². The van der Waals surface area contributed by atoms with E-state index in [0.717, 1.165) is 11.0 Å². The quantitative estimate of drug-likeness (QED) is 0.521. The lowest BCUT2D eigenvalue weighted by Gasteiger charge is -1.77. The van der Waals surface area contributed by atoms with Crippen LogP contribution < -0.4 is 0 Å². The molecule has 44 valence electrons. The van der Waals surface area contributed by atoms with Crippen LogP contribution in [0.2, 0.25) is 0 Å². The highest BCUT2D eigenvalue weighted by Crippen LogP contribution is 1.99. The molecule has 0 aliphatic heterocycles. The van der Waals surface area contributed by atoms with Crippen molar-refractivity contribution in [3.8, 4) is 0 Å². The Labute approximate surface area is 50.1 Å². The van der Waals surface area contributed by atoms with E-state index >= 15 is 0 Å². The largest absolute Gasteiger partial charge is 0.283 e. The first-order valence-electron chi connectivity index (χ1n) is 2.45. The van der Waals surface area contributed by atoms with Crippen LogP contribution in [0.15, 0.2) is 12.4 Å². The fraction of sp³-hybridized carbons (Fsp3) is 0. The van der Waals surface area contributed by atoms with Crippen molar-refractivity contribution in [1.82, 2.24) is 25.6 Å². The topological polar surface area (TPSA) is 67.3 Å². The molecule has 2 rings (SSSR count). The summed E-state index contributed by atoms with van der Waals surface area (Å²) < 4.78 is 0. The lowest BCUT2D eigenvalue weighted by atomic mass is 10.5. The van der Waals surface area contributed by atoms with E-state index in [1.807, 2.05) is 0 Å². The Hall–Kier alpha value is -1.52. The third kappa shape index (κ3) is 0.543. The number of hydrogen-bond donors (Lipinski definition) is 1. The average Bonchev–Trinajstić information content (AvgIpc) is 2.33. The zero-order valence-corrected chi connectivity index (χ0v) is 4.44. The van der Waals surface area contributed by atoms with Crippen molar-refractivity contribution in [3.05, 3.63) is 12.4 Å². The van der Waals surface area contributed by atoms with Gasteiger partial charge in [0.05, 0.1) is 12.4 Å². The summed E-state index contributed by atoms with van der Waals surface area (Å²) in [6.45, 7) is 0. The summed E-state index contributed by atoms with van der Waals surface area (Å²) >= 11 is 0. The summed E-state index contributed by atoms with van der Waals surface area (Å²) in [7, 11) is 0. The first-order chi connectivity index (χ1) is 4.47. The maximum atomic E-state index is 3.83. The van der Waals surface area contributed by atoms with Gasteiger partial charge in [-0.05, 0) is 5.21 Å².